The van der Waals surface area contributed by atoms with E-state index in [-0.39, 0.29) is 0 Å². The van der Waals surface area contributed by atoms with E-state index < -0.39 is 11.7 Å². The van der Waals surface area contributed by atoms with Gasteiger partial charge in [0.2, 0.25) is 0 Å². The molecule has 1 aliphatic heterocycles. The second-order valence-corrected chi connectivity index (χ2v) is 3.64. The van der Waals surface area contributed by atoms with Gasteiger partial charge in [0.1, 0.15) is 11.7 Å². The van der Waals surface area contributed by atoms with Gasteiger partial charge in [-0.05, 0) is 19.1 Å². The molecule has 0 unspecified atom stereocenters. The predicted octanol–water partition coefficient (Wildman–Crippen LogP) is 1.19. The van der Waals surface area contributed by atoms with Crippen LogP contribution in [-0.2, 0) is 4.74 Å². The lowest BCUT2D eigenvalue weighted by Crippen LogP contribution is -2.24. The van der Waals surface area contributed by atoms with Crippen molar-refractivity contribution in [2.45, 2.75) is 18.6 Å². The lowest BCUT2D eigenvalue weighted by molar-refractivity contribution is 0.131. The van der Waals surface area contributed by atoms with E-state index in [0.717, 1.165) is 5.56 Å². The molecule has 14 heavy (non-hydrogen) atoms. The first-order valence-corrected chi connectivity index (χ1v) is 4.59. The summed E-state index contributed by atoms with van der Waals surface area (Å²) >= 11 is 0. The first kappa shape index (κ1) is 9.26. The Morgan fingerprint density at radius 2 is 2.07 bits per heavy atom. The lowest BCUT2D eigenvalue weighted by Gasteiger charge is -2.05. The fraction of sp³-hybridized carbons (Fsp3) is 0.333. The number of aliphatic hydroxyl groups is 1. The van der Waals surface area contributed by atoms with Gasteiger partial charge >= 0.3 is 0 Å². The van der Waals surface area contributed by atoms with Crippen LogP contribution in [0.2, 0.25) is 0 Å². The largest absolute Gasteiger partial charge is 0.377 e. The van der Waals surface area contributed by atoms with Crippen molar-refractivity contribution in [2.24, 2.45) is 0 Å². The smallest absolute Gasteiger partial charge is 0.145 e. The van der Waals surface area contributed by atoms with Crippen LogP contribution in [0.1, 0.15) is 12.5 Å². The monoisotopic (exact) mass is 188 g/mol. The van der Waals surface area contributed by atoms with Gasteiger partial charge in [-0.1, -0.05) is 30.0 Å². The summed E-state index contributed by atoms with van der Waals surface area (Å²) in [5.41, 5.74) is 0.484. The Balaban J connectivity index is 2.07. The molecule has 0 saturated carbocycles. The van der Waals surface area contributed by atoms with E-state index in [1.54, 1.807) is 0 Å². The van der Waals surface area contributed by atoms with Crippen LogP contribution in [0.4, 0.5) is 0 Å². The average Bonchev–Trinajstić information content (AvgIpc) is 2.96. The van der Waals surface area contributed by atoms with E-state index in [4.69, 9.17) is 4.74 Å². The Morgan fingerprint density at radius 1 is 1.43 bits per heavy atom. The molecule has 2 atom stereocenters. The van der Waals surface area contributed by atoms with Crippen molar-refractivity contribution in [1.82, 2.24) is 0 Å². The third-order valence-electron chi connectivity index (χ3n) is 2.31. The molecule has 2 nitrogen and oxygen atoms in total. The van der Waals surface area contributed by atoms with Crippen LogP contribution in [0.5, 0.6) is 0 Å². The van der Waals surface area contributed by atoms with E-state index in [2.05, 4.69) is 11.8 Å². The van der Waals surface area contributed by atoms with Crippen LogP contribution in [-0.4, -0.2) is 23.4 Å². The second kappa shape index (κ2) is 3.45. The van der Waals surface area contributed by atoms with Crippen LogP contribution in [0.25, 0.3) is 0 Å². The summed E-state index contributed by atoms with van der Waals surface area (Å²) in [5, 5.41) is 9.61. The Kier molecular flexibility index (Phi) is 2.28. The maximum Gasteiger partial charge on any atom is 0.145 e. The van der Waals surface area contributed by atoms with Crippen molar-refractivity contribution >= 4 is 0 Å². The van der Waals surface area contributed by atoms with Crippen molar-refractivity contribution in [1.29, 1.82) is 0 Å². The average molecular weight is 188 g/mol. The first-order valence-electron chi connectivity index (χ1n) is 4.59. The summed E-state index contributed by atoms with van der Waals surface area (Å²) in [5.74, 6) is 5.69. The summed E-state index contributed by atoms with van der Waals surface area (Å²) in [6.07, 6.45) is -0.692. The first-order chi connectivity index (χ1) is 6.71. The highest BCUT2D eigenvalue weighted by Gasteiger charge is 2.45. The van der Waals surface area contributed by atoms with Gasteiger partial charge in [0.25, 0.3) is 0 Å². The minimum Gasteiger partial charge on any atom is -0.377 e. The zero-order valence-electron chi connectivity index (χ0n) is 8.03. The highest BCUT2D eigenvalue weighted by molar-refractivity contribution is 5.35. The standard InChI is InChI=1S/C12H12O2/c1-12(9-14-12)11(13)8-7-10-5-3-2-4-6-10/h2-6,11,13H,9H2,1H3/t11-,12+/m0/s1. The quantitative estimate of drug-likeness (QED) is 0.530. The highest BCUT2D eigenvalue weighted by atomic mass is 16.6. The molecule has 72 valence electrons. The van der Waals surface area contributed by atoms with Gasteiger partial charge in [-0.15, -0.1) is 0 Å². The third kappa shape index (κ3) is 1.95. The zero-order valence-corrected chi connectivity index (χ0v) is 8.03. The third-order valence-corrected chi connectivity index (χ3v) is 2.31. The molecule has 1 fully saturated rings. The van der Waals surface area contributed by atoms with E-state index >= 15 is 0 Å². The fourth-order valence-corrected chi connectivity index (χ4v) is 1.10. The molecular weight excluding hydrogens is 176 g/mol. The summed E-state index contributed by atoms with van der Waals surface area (Å²) in [6, 6.07) is 9.61. The molecule has 0 aliphatic carbocycles. The van der Waals surface area contributed by atoms with E-state index in [1.165, 1.54) is 0 Å². The maximum absolute atomic E-state index is 9.61. The lowest BCUT2D eigenvalue weighted by atomic mass is 10.1. The van der Waals surface area contributed by atoms with Gasteiger partial charge in [-0.3, -0.25) is 0 Å². The van der Waals surface area contributed by atoms with Crippen molar-refractivity contribution in [3.8, 4) is 11.8 Å². The summed E-state index contributed by atoms with van der Waals surface area (Å²) in [7, 11) is 0. The SMILES string of the molecule is C[C@]1([C@@H](O)C#Cc2ccccc2)CO1. The summed E-state index contributed by atoms with van der Waals surface area (Å²) < 4.78 is 5.09. The molecule has 1 heterocycles. The number of ether oxygens (including phenoxy) is 1. The van der Waals surface area contributed by atoms with E-state index in [1.807, 2.05) is 37.3 Å². The number of epoxide rings is 1. The zero-order chi connectivity index (χ0) is 10.0. The van der Waals surface area contributed by atoms with Gasteiger partial charge in [-0.2, -0.15) is 0 Å². The molecule has 0 bridgehead atoms. The molecule has 0 amide bonds. The minimum atomic E-state index is -0.692. The Labute approximate surface area is 83.5 Å². The Bertz CT molecular complexity index is 368. The number of hydrogen-bond donors (Lipinski definition) is 1. The van der Waals surface area contributed by atoms with Crippen LogP contribution in [0.15, 0.2) is 30.3 Å². The van der Waals surface area contributed by atoms with Gasteiger partial charge in [0.15, 0.2) is 0 Å². The normalized spacial score (nSPS) is 26.1. The van der Waals surface area contributed by atoms with E-state index in [9.17, 15) is 5.11 Å². The molecule has 2 heteroatoms. The number of rotatable bonds is 1. The summed E-state index contributed by atoms with van der Waals surface area (Å²) in [4.78, 5) is 0. The van der Waals surface area contributed by atoms with Crippen molar-refractivity contribution in [3.63, 3.8) is 0 Å². The molecule has 1 aliphatic rings. The molecule has 2 rings (SSSR count). The molecule has 1 aromatic rings. The topological polar surface area (TPSA) is 32.8 Å². The molecule has 1 aromatic carbocycles. The van der Waals surface area contributed by atoms with Gasteiger partial charge < -0.3 is 9.84 Å². The van der Waals surface area contributed by atoms with Crippen LogP contribution < -0.4 is 0 Å². The molecule has 0 radical (unpaired) electrons. The van der Waals surface area contributed by atoms with Crippen molar-refractivity contribution in [3.05, 3.63) is 35.9 Å². The van der Waals surface area contributed by atoms with Gasteiger partial charge in [0.05, 0.1) is 6.61 Å². The fourth-order valence-electron chi connectivity index (χ4n) is 1.10. The molecule has 0 spiro atoms. The maximum atomic E-state index is 9.61. The number of hydrogen-bond acceptors (Lipinski definition) is 2. The van der Waals surface area contributed by atoms with Gasteiger partial charge in [-0.25, -0.2) is 0 Å². The highest BCUT2D eigenvalue weighted by Crippen LogP contribution is 2.29. The Hall–Kier alpha value is -1.30. The number of aliphatic hydroxyl groups excluding tert-OH is 1. The van der Waals surface area contributed by atoms with Gasteiger partial charge in [0, 0.05) is 5.56 Å². The molecule has 0 aromatic heterocycles. The minimum absolute atomic E-state index is 0.429. The molecular formula is C12H12O2. The molecule has 1 N–H and O–H groups in total. The van der Waals surface area contributed by atoms with Crippen LogP contribution in [0, 0.1) is 11.8 Å². The number of benzene rings is 1. The van der Waals surface area contributed by atoms with E-state index in [0.29, 0.717) is 6.61 Å². The van der Waals surface area contributed by atoms with Crippen molar-refractivity contribution in [2.75, 3.05) is 6.61 Å². The van der Waals surface area contributed by atoms with Crippen molar-refractivity contribution < 1.29 is 9.84 Å². The van der Waals surface area contributed by atoms with Crippen LogP contribution in [0.3, 0.4) is 0 Å². The second-order valence-electron chi connectivity index (χ2n) is 3.64. The van der Waals surface area contributed by atoms with Crippen LogP contribution >= 0.6 is 0 Å². The summed E-state index contributed by atoms with van der Waals surface area (Å²) in [6.45, 7) is 2.45. The Morgan fingerprint density at radius 3 is 2.64 bits per heavy atom. The predicted molar refractivity (Wildman–Crippen MR) is 53.7 cm³/mol. The molecule has 1 saturated heterocycles.